The molecular formula is C23H24N4O3. The van der Waals surface area contributed by atoms with Gasteiger partial charge in [-0.3, -0.25) is 15.1 Å². The fraction of sp³-hybridized carbons (Fsp3) is 0.174. The van der Waals surface area contributed by atoms with Gasteiger partial charge in [-0.1, -0.05) is 18.2 Å². The molecule has 0 unspecified atom stereocenters. The summed E-state index contributed by atoms with van der Waals surface area (Å²) < 4.78 is 10.8. The predicted molar refractivity (Wildman–Crippen MR) is 117 cm³/mol. The van der Waals surface area contributed by atoms with E-state index in [2.05, 4.69) is 20.6 Å². The third-order valence-corrected chi connectivity index (χ3v) is 4.14. The monoisotopic (exact) mass is 404 g/mol. The van der Waals surface area contributed by atoms with Gasteiger partial charge >= 0.3 is 0 Å². The molecule has 0 saturated heterocycles. The molecule has 2 aromatic carbocycles. The van der Waals surface area contributed by atoms with Gasteiger partial charge in [0.05, 0.1) is 31.6 Å². The number of hydrogen-bond donors (Lipinski definition) is 2. The number of nitrogens with zero attached hydrogens (tertiary/aromatic N) is 2. The number of methoxy groups -OCH3 is 1. The Balaban J connectivity index is 1.80. The third-order valence-electron chi connectivity index (χ3n) is 4.14. The molecule has 0 atom stereocenters. The van der Waals surface area contributed by atoms with E-state index in [1.54, 1.807) is 37.6 Å². The van der Waals surface area contributed by atoms with Gasteiger partial charge in [-0.25, -0.2) is 4.99 Å². The molecule has 1 amide bonds. The Kier molecular flexibility index (Phi) is 7.38. The summed E-state index contributed by atoms with van der Waals surface area (Å²) in [4.78, 5) is 21.5. The number of benzene rings is 2. The van der Waals surface area contributed by atoms with Crippen molar-refractivity contribution in [1.29, 1.82) is 0 Å². The van der Waals surface area contributed by atoms with Crippen LogP contribution < -0.4 is 20.1 Å². The van der Waals surface area contributed by atoms with Gasteiger partial charge in [-0.2, -0.15) is 0 Å². The molecule has 0 saturated carbocycles. The number of carbonyl (C=O) groups excluding carboxylic acids is 1. The molecule has 3 rings (SSSR count). The second-order valence-corrected chi connectivity index (χ2v) is 6.22. The zero-order valence-corrected chi connectivity index (χ0v) is 17.0. The summed E-state index contributed by atoms with van der Waals surface area (Å²) >= 11 is 0. The molecule has 2 N–H and O–H groups in total. The SMILES string of the molecule is CCOc1ccc(C(=O)NC(=NCc2ccccn2)Nc2ccccc2OC)cc1. The van der Waals surface area contributed by atoms with E-state index in [0.29, 0.717) is 41.9 Å². The van der Waals surface area contributed by atoms with Crippen LogP contribution in [0.15, 0.2) is 77.9 Å². The number of rotatable bonds is 7. The number of ether oxygens (including phenoxy) is 2. The van der Waals surface area contributed by atoms with Crippen molar-refractivity contribution in [3.05, 3.63) is 84.2 Å². The van der Waals surface area contributed by atoms with Crippen LogP contribution in [0.3, 0.4) is 0 Å². The van der Waals surface area contributed by atoms with Crippen molar-refractivity contribution in [1.82, 2.24) is 10.3 Å². The number of nitrogens with one attached hydrogen (secondary N) is 2. The lowest BCUT2D eigenvalue weighted by atomic mass is 10.2. The number of carbonyl (C=O) groups is 1. The van der Waals surface area contributed by atoms with Gasteiger partial charge in [0.2, 0.25) is 5.96 Å². The average Bonchev–Trinajstić information content (AvgIpc) is 2.79. The Hall–Kier alpha value is -3.87. The highest BCUT2D eigenvalue weighted by Crippen LogP contribution is 2.23. The number of aromatic nitrogens is 1. The molecule has 1 aromatic heterocycles. The van der Waals surface area contributed by atoms with Crippen molar-refractivity contribution in [2.24, 2.45) is 4.99 Å². The highest BCUT2D eigenvalue weighted by Gasteiger charge is 2.12. The number of para-hydroxylation sites is 2. The van der Waals surface area contributed by atoms with Crippen LogP contribution in [0.5, 0.6) is 11.5 Å². The first kappa shape index (κ1) is 20.9. The largest absolute Gasteiger partial charge is 0.495 e. The van der Waals surface area contributed by atoms with Gasteiger partial charge in [0, 0.05) is 11.8 Å². The third kappa shape index (κ3) is 5.81. The van der Waals surface area contributed by atoms with Crippen LogP contribution in [-0.4, -0.2) is 30.6 Å². The maximum absolute atomic E-state index is 12.8. The Labute approximate surface area is 175 Å². The smallest absolute Gasteiger partial charge is 0.257 e. The number of aliphatic imine (C=N–C) groups is 1. The first-order chi connectivity index (χ1) is 14.7. The molecule has 154 valence electrons. The van der Waals surface area contributed by atoms with Crippen LogP contribution in [0.2, 0.25) is 0 Å². The molecule has 0 aliphatic heterocycles. The fourth-order valence-corrected chi connectivity index (χ4v) is 2.69. The van der Waals surface area contributed by atoms with Crippen LogP contribution in [0, 0.1) is 0 Å². The van der Waals surface area contributed by atoms with E-state index in [1.807, 2.05) is 49.4 Å². The molecular weight excluding hydrogens is 380 g/mol. The zero-order chi connectivity index (χ0) is 21.2. The zero-order valence-electron chi connectivity index (χ0n) is 17.0. The Morgan fingerprint density at radius 1 is 1.03 bits per heavy atom. The Morgan fingerprint density at radius 2 is 1.80 bits per heavy atom. The topological polar surface area (TPSA) is 84.8 Å². The number of pyridine rings is 1. The summed E-state index contributed by atoms with van der Waals surface area (Å²) in [6.07, 6.45) is 1.71. The summed E-state index contributed by atoms with van der Waals surface area (Å²) in [5.41, 5.74) is 1.96. The minimum atomic E-state index is -0.291. The average molecular weight is 404 g/mol. The lowest BCUT2D eigenvalue weighted by molar-refractivity contribution is 0.0977. The number of guanidine groups is 1. The van der Waals surface area contributed by atoms with Crippen molar-refractivity contribution in [3.8, 4) is 11.5 Å². The standard InChI is InChI=1S/C23H24N4O3/c1-3-30-19-13-11-17(12-14-19)22(28)27-23(25-16-18-8-6-7-15-24-18)26-20-9-4-5-10-21(20)29-2/h4-15H,3,16H2,1-2H3,(H2,25,26,27,28). The minimum Gasteiger partial charge on any atom is -0.495 e. The fourth-order valence-electron chi connectivity index (χ4n) is 2.69. The molecule has 0 radical (unpaired) electrons. The first-order valence-corrected chi connectivity index (χ1v) is 9.58. The van der Waals surface area contributed by atoms with Gasteiger partial charge in [0.25, 0.3) is 5.91 Å². The van der Waals surface area contributed by atoms with Crippen molar-refractivity contribution >= 4 is 17.6 Å². The van der Waals surface area contributed by atoms with Crippen LogP contribution in [0.4, 0.5) is 5.69 Å². The van der Waals surface area contributed by atoms with Crippen LogP contribution in [0.25, 0.3) is 0 Å². The Bertz CT molecular complexity index is 989. The van der Waals surface area contributed by atoms with Gasteiger partial charge in [0.15, 0.2) is 0 Å². The quantitative estimate of drug-likeness (QED) is 0.461. The molecule has 1 heterocycles. The van der Waals surface area contributed by atoms with E-state index in [9.17, 15) is 4.79 Å². The lowest BCUT2D eigenvalue weighted by Crippen LogP contribution is -2.36. The molecule has 3 aromatic rings. The predicted octanol–water partition coefficient (Wildman–Crippen LogP) is 3.89. The van der Waals surface area contributed by atoms with E-state index in [-0.39, 0.29) is 5.91 Å². The van der Waals surface area contributed by atoms with Crippen molar-refractivity contribution in [3.63, 3.8) is 0 Å². The molecule has 0 aliphatic rings. The summed E-state index contributed by atoms with van der Waals surface area (Å²) in [6.45, 7) is 2.79. The van der Waals surface area contributed by atoms with Gasteiger partial charge in [0.1, 0.15) is 11.5 Å². The van der Waals surface area contributed by atoms with E-state index in [0.717, 1.165) is 5.69 Å². The number of anilines is 1. The van der Waals surface area contributed by atoms with Gasteiger partial charge in [-0.05, 0) is 55.5 Å². The molecule has 7 heteroatoms. The second kappa shape index (κ2) is 10.6. The maximum atomic E-state index is 12.8. The van der Waals surface area contributed by atoms with E-state index < -0.39 is 0 Å². The summed E-state index contributed by atoms with van der Waals surface area (Å²) in [7, 11) is 1.59. The number of hydrogen-bond acceptors (Lipinski definition) is 5. The van der Waals surface area contributed by atoms with E-state index in [4.69, 9.17) is 9.47 Å². The van der Waals surface area contributed by atoms with E-state index >= 15 is 0 Å². The summed E-state index contributed by atoms with van der Waals surface area (Å²) in [5.74, 6) is 1.35. The molecule has 0 spiro atoms. The molecule has 0 bridgehead atoms. The summed E-state index contributed by atoms with van der Waals surface area (Å²) in [5, 5.41) is 5.97. The first-order valence-electron chi connectivity index (χ1n) is 9.58. The second-order valence-electron chi connectivity index (χ2n) is 6.22. The van der Waals surface area contributed by atoms with Gasteiger partial charge < -0.3 is 14.8 Å². The van der Waals surface area contributed by atoms with Crippen LogP contribution in [-0.2, 0) is 6.54 Å². The lowest BCUT2D eigenvalue weighted by Gasteiger charge is -2.14. The molecule has 7 nitrogen and oxygen atoms in total. The maximum Gasteiger partial charge on any atom is 0.257 e. The van der Waals surface area contributed by atoms with Crippen molar-refractivity contribution < 1.29 is 14.3 Å². The Morgan fingerprint density at radius 3 is 2.50 bits per heavy atom. The normalized spacial score (nSPS) is 10.9. The highest BCUT2D eigenvalue weighted by atomic mass is 16.5. The number of amides is 1. The van der Waals surface area contributed by atoms with E-state index in [1.165, 1.54) is 0 Å². The van der Waals surface area contributed by atoms with Crippen molar-refractivity contribution in [2.75, 3.05) is 19.0 Å². The highest BCUT2D eigenvalue weighted by molar-refractivity contribution is 6.10. The molecule has 0 aliphatic carbocycles. The van der Waals surface area contributed by atoms with Crippen molar-refractivity contribution in [2.45, 2.75) is 13.5 Å². The molecule has 0 fully saturated rings. The van der Waals surface area contributed by atoms with Gasteiger partial charge in [-0.15, -0.1) is 0 Å². The summed E-state index contributed by atoms with van der Waals surface area (Å²) in [6, 6.07) is 20.0. The van der Waals surface area contributed by atoms with Crippen LogP contribution in [0.1, 0.15) is 23.0 Å². The van der Waals surface area contributed by atoms with Crippen LogP contribution >= 0.6 is 0 Å². The molecule has 30 heavy (non-hydrogen) atoms. The minimum absolute atomic E-state index is 0.291.